The van der Waals surface area contributed by atoms with Gasteiger partial charge in [-0.15, -0.1) is 0 Å². The molecule has 2 aliphatic rings. The SMILES string of the molecule is O=C(O)CCONC1=C2CC(O)C(C#CC(O)c3ccc(Cl)cc3)C2C1. The van der Waals surface area contributed by atoms with E-state index in [-0.39, 0.29) is 24.9 Å². The third kappa shape index (κ3) is 4.19. The maximum absolute atomic E-state index is 10.4. The highest BCUT2D eigenvalue weighted by atomic mass is 35.5. The molecule has 1 aromatic carbocycles. The van der Waals surface area contributed by atoms with Crippen LogP contribution in [-0.2, 0) is 9.63 Å². The number of allylic oxidation sites excluding steroid dienone is 1. The highest BCUT2D eigenvalue weighted by Crippen LogP contribution is 2.48. The van der Waals surface area contributed by atoms with Gasteiger partial charge in [0.15, 0.2) is 0 Å². The van der Waals surface area contributed by atoms with Gasteiger partial charge >= 0.3 is 5.97 Å². The molecule has 26 heavy (non-hydrogen) atoms. The lowest BCUT2D eigenvalue weighted by atomic mass is 9.79. The van der Waals surface area contributed by atoms with Gasteiger partial charge in [-0.25, -0.2) is 0 Å². The van der Waals surface area contributed by atoms with Crippen molar-refractivity contribution in [3.63, 3.8) is 0 Å². The Kier molecular flexibility index (Phi) is 5.84. The van der Waals surface area contributed by atoms with Crippen LogP contribution in [0.25, 0.3) is 0 Å². The molecular formula is C19H20ClNO5. The number of hydrogen-bond donors (Lipinski definition) is 4. The second kappa shape index (κ2) is 8.11. The van der Waals surface area contributed by atoms with E-state index in [0.29, 0.717) is 23.4 Å². The molecule has 0 radical (unpaired) electrons. The van der Waals surface area contributed by atoms with Crippen molar-refractivity contribution in [3.8, 4) is 11.8 Å². The number of aliphatic carboxylic acids is 1. The molecule has 7 heteroatoms. The number of carboxylic acids is 1. The van der Waals surface area contributed by atoms with Crippen molar-refractivity contribution in [2.24, 2.45) is 11.8 Å². The first kappa shape index (κ1) is 18.7. The van der Waals surface area contributed by atoms with Crippen LogP contribution in [0, 0.1) is 23.7 Å². The number of hydroxylamine groups is 1. The van der Waals surface area contributed by atoms with Crippen LogP contribution in [0.5, 0.6) is 0 Å². The summed E-state index contributed by atoms with van der Waals surface area (Å²) in [5.74, 6) is 4.83. The predicted octanol–water partition coefficient (Wildman–Crippen LogP) is 2.03. The van der Waals surface area contributed by atoms with Gasteiger partial charge in [0.1, 0.15) is 6.10 Å². The average molecular weight is 378 g/mol. The molecule has 1 aromatic rings. The van der Waals surface area contributed by atoms with Gasteiger partial charge in [0.05, 0.1) is 25.0 Å². The zero-order valence-corrected chi connectivity index (χ0v) is 14.7. The zero-order valence-electron chi connectivity index (χ0n) is 14.0. The van der Waals surface area contributed by atoms with E-state index in [1.807, 2.05) is 0 Å². The van der Waals surface area contributed by atoms with E-state index in [4.69, 9.17) is 21.5 Å². The van der Waals surface area contributed by atoms with Crippen molar-refractivity contribution in [2.75, 3.05) is 6.61 Å². The van der Waals surface area contributed by atoms with E-state index >= 15 is 0 Å². The van der Waals surface area contributed by atoms with Gasteiger partial charge in [-0.1, -0.05) is 35.6 Å². The summed E-state index contributed by atoms with van der Waals surface area (Å²) in [7, 11) is 0. The van der Waals surface area contributed by atoms with Crippen molar-refractivity contribution in [2.45, 2.75) is 31.5 Å². The van der Waals surface area contributed by atoms with Crippen LogP contribution >= 0.6 is 11.6 Å². The molecule has 4 unspecified atom stereocenters. The van der Waals surface area contributed by atoms with E-state index in [1.165, 1.54) is 0 Å². The summed E-state index contributed by atoms with van der Waals surface area (Å²) in [6.07, 6.45) is -0.386. The van der Waals surface area contributed by atoms with Gasteiger partial charge in [-0.2, -0.15) is 0 Å². The molecule has 1 saturated carbocycles. The van der Waals surface area contributed by atoms with Gasteiger partial charge in [-0.3, -0.25) is 15.1 Å². The summed E-state index contributed by atoms with van der Waals surface area (Å²) in [6.45, 7) is 0.0792. The lowest BCUT2D eigenvalue weighted by Crippen LogP contribution is -2.30. The summed E-state index contributed by atoms with van der Waals surface area (Å²) < 4.78 is 0. The smallest absolute Gasteiger partial charge is 0.305 e. The molecule has 0 aromatic heterocycles. The van der Waals surface area contributed by atoms with Crippen LogP contribution in [0.4, 0.5) is 0 Å². The maximum atomic E-state index is 10.4. The number of hydrogen-bond acceptors (Lipinski definition) is 5. The van der Waals surface area contributed by atoms with E-state index in [2.05, 4.69) is 17.3 Å². The normalized spacial score (nSPS) is 25.0. The standard InChI is InChI=1S/C19H20ClNO5/c20-12-3-1-11(2-4-12)17(22)6-5-13-14-9-16(15(14)10-18(13)23)21-26-8-7-19(24)25/h1-4,13-14,17-18,21-23H,7-10H2,(H,24,25). The van der Waals surface area contributed by atoms with Gasteiger partial charge in [0, 0.05) is 16.6 Å². The monoisotopic (exact) mass is 377 g/mol. The molecule has 138 valence electrons. The van der Waals surface area contributed by atoms with Crippen LogP contribution in [-0.4, -0.2) is 34.0 Å². The quantitative estimate of drug-likeness (QED) is 0.344. The molecule has 0 heterocycles. The van der Waals surface area contributed by atoms with Gasteiger partial charge in [0.2, 0.25) is 0 Å². The van der Waals surface area contributed by atoms with Crippen molar-refractivity contribution in [1.82, 2.24) is 5.48 Å². The summed E-state index contributed by atoms with van der Waals surface area (Å²) in [4.78, 5) is 15.6. The second-order valence-corrected chi connectivity index (χ2v) is 6.89. The summed E-state index contributed by atoms with van der Waals surface area (Å²) >= 11 is 5.83. The van der Waals surface area contributed by atoms with Crippen LogP contribution in [0.3, 0.4) is 0 Å². The first-order valence-corrected chi connectivity index (χ1v) is 8.77. The average Bonchev–Trinajstić information content (AvgIpc) is 2.84. The highest BCUT2D eigenvalue weighted by molar-refractivity contribution is 6.30. The number of carbonyl (C=O) groups is 1. The summed E-state index contributed by atoms with van der Waals surface area (Å²) in [5.41, 5.74) is 5.39. The van der Waals surface area contributed by atoms with Crippen molar-refractivity contribution < 1.29 is 25.0 Å². The molecule has 1 fully saturated rings. The zero-order chi connectivity index (χ0) is 18.7. The number of benzene rings is 1. The van der Waals surface area contributed by atoms with Crippen LogP contribution < -0.4 is 5.48 Å². The van der Waals surface area contributed by atoms with Crippen molar-refractivity contribution in [1.29, 1.82) is 0 Å². The Hall–Kier alpha value is -2.04. The minimum absolute atomic E-state index is 0.0711. The largest absolute Gasteiger partial charge is 0.481 e. The molecule has 2 aliphatic carbocycles. The number of aliphatic hydroxyl groups excluding tert-OH is 2. The Balaban J connectivity index is 1.58. The third-order valence-corrected chi connectivity index (χ3v) is 4.97. The van der Waals surface area contributed by atoms with Crippen molar-refractivity contribution >= 4 is 17.6 Å². The Bertz CT molecular complexity index is 764. The Morgan fingerprint density at radius 1 is 1.35 bits per heavy atom. The molecular weight excluding hydrogens is 358 g/mol. The molecule has 0 amide bonds. The van der Waals surface area contributed by atoms with Crippen LogP contribution in [0.15, 0.2) is 35.5 Å². The van der Waals surface area contributed by atoms with Crippen LogP contribution in [0.2, 0.25) is 5.02 Å². The molecule has 0 saturated heterocycles. The molecule has 4 atom stereocenters. The molecule has 0 bridgehead atoms. The van der Waals surface area contributed by atoms with E-state index in [0.717, 1.165) is 11.3 Å². The van der Waals surface area contributed by atoms with Crippen LogP contribution in [0.1, 0.15) is 30.9 Å². The second-order valence-electron chi connectivity index (χ2n) is 6.45. The van der Waals surface area contributed by atoms with E-state index < -0.39 is 18.2 Å². The Morgan fingerprint density at radius 3 is 2.77 bits per heavy atom. The van der Waals surface area contributed by atoms with E-state index in [1.54, 1.807) is 24.3 Å². The first-order chi connectivity index (χ1) is 12.5. The fourth-order valence-electron chi connectivity index (χ4n) is 3.29. The van der Waals surface area contributed by atoms with Gasteiger partial charge in [0.25, 0.3) is 0 Å². The highest BCUT2D eigenvalue weighted by Gasteiger charge is 2.45. The fourth-order valence-corrected chi connectivity index (χ4v) is 3.42. The molecule has 6 nitrogen and oxygen atoms in total. The Morgan fingerprint density at radius 2 is 2.08 bits per heavy atom. The number of halogens is 1. The number of fused-ring (bicyclic) bond motifs is 1. The minimum Gasteiger partial charge on any atom is -0.481 e. The number of nitrogens with one attached hydrogen (secondary N) is 1. The lowest BCUT2D eigenvalue weighted by molar-refractivity contribution is -0.138. The molecule has 3 rings (SSSR count). The van der Waals surface area contributed by atoms with Crippen molar-refractivity contribution in [3.05, 3.63) is 46.1 Å². The fraction of sp³-hybridized carbons (Fsp3) is 0.421. The first-order valence-electron chi connectivity index (χ1n) is 8.40. The number of aliphatic hydroxyl groups is 2. The molecule has 0 spiro atoms. The minimum atomic E-state index is -0.926. The van der Waals surface area contributed by atoms with E-state index in [9.17, 15) is 15.0 Å². The Labute approximate surface area is 156 Å². The van der Waals surface area contributed by atoms with Gasteiger partial charge in [-0.05, 0) is 36.1 Å². The maximum Gasteiger partial charge on any atom is 0.305 e. The lowest BCUT2D eigenvalue weighted by Gasteiger charge is -2.30. The summed E-state index contributed by atoms with van der Waals surface area (Å²) in [5, 5.41) is 29.6. The number of rotatable bonds is 6. The topological polar surface area (TPSA) is 99.0 Å². The third-order valence-electron chi connectivity index (χ3n) is 4.72. The summed E-state index contributed by atoms with van der Waals surface area (Å²) in [6, 6.07) is 6.83. The van der Waals surface area contributed by atoms with Gasteiger partial charge < -0.3 is 15.3 Å². The molecule has 0 aliphatic heterocycles. The molecule has 4 N–H and O–H groups in total. The predicted molar refractivity (Wildman–Crippen MR) is 94.8 cm³/mol. The number of carboxylic acid groups (broad SMARTS) is 1.